The molecule has 0 heterocycles. The molecular formula is C16H25NO. The molecule has 1 aliphatic rings. The van der Waals surface area contributed by atoms with E-state index in [1.807, 2.05) is 30.3 Å². The molecule has 0 saturated heterocycles. The maximum absolute atomic E-state index is 5.88. The lowest BCUT2D eigenvalue weighted by atomic mass is 9.79. The van der Waals surface area contributed by atoms with E-state index in [9.17, 15) is 0 Å². The van der Waals surface area contributed by atoms with Gasteiger partial charge in [-0.1, -0.05) is 38.0 Å². The van der Waals surface area contributed by atoms with Gasteiger partial charge in [-0.3, -0.25) is 0 Å². The molecule has 1 aromatic rings. The Morgan fingerprint density at radius 3 is 2.44 bits per heavy atom. The molecule has 0 radical (unpaired) electrons. The van der Waals surface area contributed by atoms with Crippen LogP contribution in [0.25, 0.3) is 0 Å². The largest absolute Gasteiger partial charge is 0.492 e. The lowest BCUT2D eigenvalue weighted by Gasteiger charge is -2.32. The van der Waals surface area contributed by atoms with E-state index in [-0.39, 0.29) is 0 Å². The van der Waals surface area contributed by atoms with Gasteiger partial charge >= 0.3 is 0 Å². The van der Waals surface area contributed by atoms with Crippen LogP contribution in [0.4, 0.5) is 0 Å². The van der Waals surface area contributed by atoms with Crippen LogP contribution in [-0.4, -0.2) is 19.7 Å². The van der Waals surface area contributed by atoms with Gasteiger partial charge in [0.2, 0.25) is 0 Å². The molecule has 2 heteroatoms. The zero-order valence-electron chi connectivity index (χ0n) is 11.6. The van der Waals surface area contributed by atoms with E-state index in [0.717, 1.165) is 24.2 Å². The summed E-state index contributed by atoms with van der Waals surface area (Å²) in [5.41, 5.74) is 0. The highest BCUT2D eigenvalue weighted by Crippen LogP contribution is 2.30. The maximum atomic E-state index is 5.88. The molecule has 0 bridgehead atoms. The van der Waals surface area contributed by atoms with Crippen molar-refractivity contribution in [2.24, 2.45) is 11.8 Å². The molecule has 0 spiro atoms. The molecule has 1 unspecified atom stereocenters. The fraction of sp³-hybridized carbons (Fsp3) is 0.625. The molecule has 18 heavy (non-hydrogen) atoms. The Bertz CT molecular complexity index is 330. The number of hydrogen-bond donors (Lipinski definition) is 1. The van der Waals surface area contributed by atoms with Gasteiger partial charge in [0.25, 0.3) is 0 Å². The molecule has 0 amide bonds. The second-order valence-corrected chi connectivity index (χ2v) is 5.54. The van der Waals surface area contributed by atoms with Gasteiger partial charge in [0.15, 0.2) is 0 Å². The summed E-state index contributed by atoms with van der Waals surface area (Å²) in [6.45, 7) is 3.14. The van der Waals surface area contributed by atoms with Gasteiger partial charge in [-0.05, 0) is 43.9 Å². The lowest BCUT2D eigenvalue weighted by molar-refractivity contribution is 0.176. The molecule has 1 N–H and O–H groups in total. The number of ether oxygens (including phenoxy) is 1. The summed E-state index contributed by atoms with van der Waals surface area (Å²) in [7, 11) is 2.05. The SMILES string of the molecule is CNC(COc1ccccc1)C1CCC(C)CC1. The van der Waals surface area contributed by atoms with Crippen LogP contribution < -0.4 is 10.1 Å². The molecular weight excluding hydrogens is 222 g/mol. The van der Waals surface area contributed by atoms with E-state index >= 15 is 0 Å². The van der Waals surface area contributed by atoms with Crippen LogP contribution in [0.3, 0.4) is 0 Å². The second-order valence-electron chi connectivity index (χ2n) is 5.54. The van der Waals surface area contributed by atoms with Crippen LogP contribution >= 0.6 is 0 Å². The third-order valence-corrected chi connectivity index (χ3v) is 4.17. The Balaban J connectivity index is 1.82. The second kappa shape index (κ2) is 6.79. The molecule has 1 atom stereocenters. The fourth-order valence-electron chi connectivity index (χ4n) is 2.85. The lowest BCUT2D eigenvalue weighted by Crippen LogP contribution is -2.40. The molecule has 0 aromatic heterocycles. The maximum Gasteiger partial charge on any atom is 0.119 e. The first kappa shape index (κ1) is 13.4. The van der Waals surface area contributed by atoms with E-state index in [1.54, 1.807) is 0 Å². The third-order valence-electron chi connectivity index (χ3n) is 4.17. The molecule has 2 rings (SSSR count). The van der Waals surface area contributed by atoms with Crippen LogP contribution in [0.15, 0.2) is 30.3 Å². The Morgan fingerprint density at radius 2 is 1.83 bits per heavy atom. The van der Waals surface area contributed by atoms with Crippen molar-refractivity contribution in [3.63, 3.8) is 0 Å². The van der Waals surface area contributed by atoms with Gasteiger partial charge in [-0.15, -0.1) is 0 Å². The average Bonchev–Trinajstić information content (AvgIpc) is 2.42. The number of likely N-dealkylation sites (N-methyl/N-ethyl adjacent to an activating group) is 1. The van der Waals surface area contributed by atoms with Crippen molar-refractivity contribution in [3.8, 4) is 5.75 Å². The van der Waals surface area contributed by atoms with Crippen molar-refractivity contribution in [3.05, 3.63) is 30.3 Å². The minimum Gasteiger partial charge on any atom is -0.492 e. The van der Waals surface area contributed by atoms with E-state index in [0.29, 0.717) is 6.04 Å². The van der Waals surface area contributed by atoms with Gasteiger partial charge < -0.3 is 10.1 Å². The number of para-hydroxylation sites is 1. The standard InChI is InChI=1S/C16H25NO/c1-13-8-10-14(11-9-13)16(17-2)12-18-15-6-4-3-5-7-15/h3-7,13-14,16-17H,8-12H2,1-2H3. The molecule has 2 nitrogen and oxygen atoms in total. The van der Waals surface area contributed by atoms with Crippen molar-refractivity contribution in [2.75, 3.05) is 13.7 Å². The molecule has 1 aliphatic carbocycles. The Morgan fingerprint density at radius 1 is 1.17 bits per heavy atom. The number of nitrogens with one attached hydrogen (secondary N) is 1. The summed E-state index contributed by atoms with van der Waals surface area (Å²) in [6, 6.07) is 10.6. The van der Waals surface area contributed by atoms with Crippen LogP contribution in [-0.2, 0) is 0 Å². The number of hydrogen-bond acceptors (Lipinski definition) is 2. The molecule has 1 aromatic carbocycles. The van der Waals surface area contributed by atoms with Crippen molar-refractivity contribution >= 4 is 0 Å². The summed E-state index contributed by atoms with van der Waals surface area (Å²) in [4.78, 5) is 0. The highest BCUT2D eigenvalue weighted by atomic mass is 16.5. The minimum atomic E-state index is 0.484. The average molecular weight is 247 g/mol. The first-order valence-electron chi connectivity index (χ1n) is 7.14. The van der Waals surface area contributed by atoms with Crippen molar-refractivity contribution in [2.45, 2.75) is 38.6 Å². The van der Waals surface area contributed by atoms with Crippen molar-refractivity contribution < 1.29 is 4.74 Å². The fourth-order valence-corrected chi connectivity index (χ4v) is 2.85. The smallest absolute Gasteiger partial charge is 0.119 e. The zero-order chi connectivity index (χ0) is 12.8. The summed E-state index contributed by atoms with van der Waals surface area (Å²) >= 11 is 0. The van der Waals surface area contributed by atoms with Crippen LogP contribution in [0, 0.1) is 11.8 Å². The zero-order valence-corrected chi connectivity index (χ0v) is 11.6. The Labute approximate surface area is 111 Å². The highest BCUT2D eigenvalue weighted by Gasteiger charge is 2.25. The summed E-state index contributed by atoms with van der Waals surface area (Å²) < 4.78 is 5.88. The highest BCUT2D eigenvalue weighted by molar-refractivity contribution is 5.20. The van der Waals surface area contributed by atoms with Crippen molar-refractivity contribution in [1.82, 2.24) is 5.32 Å². The summed E-state index contributed by atoms with van der Waals surface area (Å²) in [5.74, 6) is 2.66. The van der Waals surface area contributed by atoms with Crippen LogP contribution in [0.2, 0.25) is 0 Å². The predicted molar refractivity (Wildman–Crippen MR) is 75.9 cm³/mol. The van der Waals surface area contributed by atoms with Gasteiger partial charge in [0, 0.05) is 6.04 Å². The Kier molecular flexibility index (Phi) is 5.06. The normalized spacial score (nSPS) is 25.7. The van der Waals surface area contributed by atoms with Crippen molar-refractivity contribution in [1.29, 1.82) is 0 Å². The van der Waals surface area contributed by atoms with Gasteiger partial charge in [-0.2, -0.15) is 0 Å². The first-order chi connectivity index (χ1) is 8.79. The van der Waals surface area contributed by atoms with Gasteiger partial charge in [-0.25, -0.2) is 0 Å². The summed E-state index contributed by atoms with van der Waals surface area (Å²) in [5, 5.41) is 3.43. The topological polar surface area (TPSA) is 21.3 Å². The Hall–Kier alpha value is -1.02. The first-order valence-corrected chi connectivity index (χ1v) is 7.14. The van der Waals surface area contributed by atoms with Gasteiger partial charge in [0.05, 0.1) is 0 Å². The molecule has 0 aliphatic heterocycles. The monoisotopic (exact) mass is 247 g/mol. The number of rotatable bonds is 5. The van der Waals surface area contributed by atoms with E-state index in [2.05, 4.69) is 19.3 Å². The summed E-state index contributed by atoms with van der Waals surface area (Å²) in [6.07, 6.45) is 5.41. The number of benzene rings is 1. The van der Waals surface area contributed by atoms with E-state index in [1.165, 1.54) is 25.7 Å². The van der Waals surface area contributed by atoms with Crippen LogP contribution in [0.1, 0.15) is 32.6 Å². The predicted octanol–water partition coefficient (Wildman–Crippen LogP) is 3.48. The van der Waals surface area contributed by atoms with E-state index in [4.69, 9.17) is 4.74 Å². The molecule has 1 fully saturated rings. The van der Waals surface area contributed by atoms with E-state index < -0.39 is 0 Å². The van der Waals surface area contributed by atoms with Crippen LogP contribution in [0.5, 0.6) is 5.75 Å². The third kappa shape index (κ3) is 3.74. The minimum absolute atomic E-state index is 0.484. The molecule has 100 valence electrons. The molecule has 1 saturated carbocycles. The quantitative estimate of drug-likeness (QED) is 0.860. The van der Waals surface area contributed by atoms with Gasteiger partial charge in [0.1, 0.15) is 12.4 Å².